The van der Waals surface area contributed by atoms with E-state index >= 15 is 0 Å². The maximum Gasteiger partial charge on any atom is 0.243 e. The number of carbonyl (C=O) groups excluding carboxylic acids is 2. The summed E-state index contributed by atoms with van der Waals surface area (Å²) in [5, 5.41) is 3.26. The molecule has 3 rings (SSSR count). The molecule has 0 spiro atoms. The second kappa shape index (κ2) is 12.7. The van der Waals surface area contributed by atoms with Gasteiger partial charge in [-0.3, -0.25) is 9.59 Å². The Morgan fingerprint density at radius 1 is 1.00 bits per heavy atom. The van der Waals surface area contributed by atoms with E-state index in [2.05, 4.69) is 62.5 Å². The summed E-state index contributed by atoms with van der Waals surface area (Å²) >= 11 is 0. The fourth-order valence-corrected chi connectivity index (χ4v) is 4.90. The Labute approximate surface area is 206 Å². The van der Waals surface area contributed by atoms with Gasteiger partial charge in [-0.15, -0.1) is 0 Å². The molecule has 2 amide bonds. The van der Waals surface area contributed by atoms with Crippen LogP contribution in [0.1, 0.15) is 93.9 Å². The van der Waals surface area contributed by atoms with Crippen LogP contribution in [0.25, 0.3) is 0 Å². The highest BCUT2D eigenvalue weighted by Crippen LogP contribution is 2.21. The monoisotopic (exact) mass is 462 g/mol. The van der Waals surface area contributed by atoms with Crippen LogP contribution in [0.15, 0.2) is 48.5 Å². The van der Waals surface area contributed by atoms with Crippen molar-refractivity contribution in [1.29, 1.82) is 0 Å². The van der Waals surface area contributed by atoms with Gasteiger partial charge < -0.3 is 10.2 Å². The normalized spacial score (nSPS) is 15.2. The largest absolute Gasteiger partial charge is 0.352 e. The second-order valence-electron chi connectivity index (χ2n) is 10.1. The van der Waals surface area contributed by atoms with Crippen LogP contribution in [0.3, 0.4) is 0 Å². The number of nitrogens with zero attached hydrogens (tertiary/aromatic N) is 1. The molecule has 34 heavy (non-hydrogen) atoms. The van der Waals surface area contributed by atoms with Gasteiger partial charge in [0.05, 0.1) is 0 Å². The van der Waals surface area contributed by atoms with Gasteiger partial charge in [-0.1, -0.05) is 88.6 Å². The summed E-state index contributed by atoms with van der Waals surface area (Å²) in [5.74, 6) is 0.535. The van der Waals surface area contributed by atoms with Crippen molar-refractivity contribution in [2.45, 2.75) is 104 Å². The predicted octanol–water partition coefficient (Wildman–Crippen LogP) is 6.31. The van der Waals surface area contributed by atoms with Gasteiger partial charge in [0, 0.05) is 19.0 Å². The third-order valence-corrected chi connectivity index (χ3v) is 7.21. The van der Waals surface area contributed by atoms with Gasteiger partial charge >= 0.3 is 0 Å². The van der Waals surface area contributed by atoms with Crippen molar-refractivity contribution in [3.05, 3.63) is 70.8 Å². The van der Waals surface area contributed by atoms with Crippen molar-refractivity contribution in [3.8, 4) is 0 Å². The van der Waals surface area contributed by atoms with Gasteiger partial charge in [-0.25, -0.2) is 0 Å². The highest BCUT2D eigenvalue weighted by molar-refractivity contribution is 5.88. The third-order valence-electron chi connectivity index (χ3n) is 7.21. The number of hydrogen-bond donors (Lipinski definition) is 1. The first-order chi connectivity index (χ1) is 16.4. The molecule has 1 atom stereocenters. The lowest BCUT2D eigenvalue weighted by molar-refractivity contribution is -0.141. The Balaban J connectivity index is 1.74. The van der Waals surface area contributed by atoms with Crippen LogP contribution in [0.4, 0.5) is 0 Å². The van der Waals surface area contributed by atoms with Gasteiger partial charge in [0.15, 0.2) is 0 Å². The van der Waals surface area contributed by atoms with Gasteiger partial charge in [0.25, 0.3) is 0 Å². The number of hydrogen-bond acceptors (Lipinski definition) is 2. The van der Waals surface area contributed by atoms with Crippen LogP contribution < -0.4 is 5.32 Å². The van der Waals surface area contributed by atoms with E-state index in [0.29, 0.717) is 31.7 Å². The zero-order chi connectivity index (χ0) is 24.5. The molecule has 0 heterocycles. The van der Waals surface area contributed by atoms with Gasteiger partial charge in [0.2, 0.25) is 11.8 Å². The summed E-state index contributed by atoms with van der Waals surface area (Å²) in [6.45, 7) is 8.91. The molecule has 0 bridgehead atoms. The maximum atomic E-state index is 13.6. The maximum absolute atomic E-state index is 13.6. The molecule has 1 aliphatic rings. The molecule has 1 N–H and O–H groups in total. The smallest absolute Gasteiger partial charge is 0.243 e. The molecule has 4 nitrogen and oxygen atoms in total. The summed E-state index contributed by atoms with van der Waals surface area (Å²) in [4.78, 5) is 28.7. The first-order valence-electron chi connectivity index (χ1n) is 13.1. The minimum Gasteiger partial charge on any atom is -0.352 e. The first kappa shape index (κ1) is 26.0. The molecule has 4 heteroatoms. The molecule has 1 unspecified atom stereocenters. The van der Waals surface area contributed by atoms with Gasteiger partial charge in [0.1, 0.15) is 6.04 Å². The van der Waals surface area contributed by atoms with Crippen molar-refractivity contribution < 1.29 is 9.59 Å². The van der Waals surface area contributed by atoms with Crippen LogP contribution in [0, 0.1) is 6.92 Å². The number of benzene rings is 2. The van der Waals surface area contributed by atoms with E-state index in [9.17, 15) is 9.59 Å². The fourth-order valence-electron chi connectivity index (χ4n) is 4.90. The van der Waals surface area contributed by atoms with Gasteiger partial charge in [-0.2, -0.15) is 0 Å². The Hall–Kier alpha value is -2.62. The van der Waals surface area contributed by atoms with Crippen molar-refractivity contribution in [3.63, 3.8) is 0 Å². The van der Waals surface area contributed by atoms with Crippen molar-refractivity contribution in [1.82, 2.24) is 10.2 Å². The Kier molecular flexibility index (Phi) is 9.74. The minimum atomic E-state index is -0.447. The average molecular weight is 463 g/mol. The number of rotatable bonds is 10. The highest BCUT2D eigenvalue weighted by atomic mass is 16.2. The molecule has 2 aromatic carbocycles. The van der Waals surface area contributed by atoms with Crippen LogP contribution >= 0.6 is 0 Å². The topological polar surface area (TPSA) is 49.4 Å². The number of amides is 2. The van der Waals surface area contributed by atoms with E-state index in [0.717, 1.165) is 29.5 Å². The summed E-state index contributed by atoms with van der Waals surface area (Å²) in [6.07, 6.45) is 7.37. The first-order valence-corrected chi connectivity index (χ1v) is 13.1. The third kappa shape index (κ3) is 7.19. The molecule has 0 saturated heterocycles. The van der Waals surface area contributed by atoms with Gasteiger partial charge in [-0.05, 0) is 60.8 Å². The minimum absolute atomic E-state index is 0.00220. The van der Waals surface area contributed by atoms with E-state index < -0.39 is 6.04 Å². The van der Waals surface area contributed by atoms with E-state index in [-0.39, 0.29) is 17.9 Å². The van der Waals surface area contributed by atoms with Crippen molar-refractivity contribution >= 4 is 11.8 Å². The Morgan fingerprint density at radius 3 is 2.29 bits per heavy atom. The van der Waals surface area contributed by atoms with Crippen LogP contribution in [-0.4, -0.2) is 28.8 Å². The molecular weight excluding hydrogens is 420 g/mol. The molecule has 2 aromatic rings. The fraction of sp³-hybridized carbons (Fsp3) is 0.533. The Morgan fingerprint density at radius 2 is 1.68 bits per heavy atom. The molecule has 0 radical (unpaired) electrons. The highest BCUT2D eigenvalue weighted by Gasteiger charge is 2.30. The summed E-state index contributed by atoms with van der Waals surface area (Å²) < 4.78 is 0. The zero-order valence-corrected chi connectivity index (χ0v) is 21.5. The lowest BCUT2D eigenvalue weighted by Crippen LogP contribution is -2.51. The lowest BCUT2D eigenvalue weighted by Gasteiger charge is -2.33. The molecule has 184 valence electrons. The second-order valence-corrected chi connectivity index (χ2v) is 10.1. The van der Waals surface area contributed by atoms with Crippen molar-refractivity contribution in [2.24, 2.45) is 0 Å². The molecule has 1 aliphatic carbocycles. The lowest BCUT2D eigenvalue weighted by atomic mass is 9.95. The molecule has 1 saturated carbocycles. The van der Waals surface area contributed by atoms with E-state index in [1.54, 1.807) is 0 Å². The van der Waals surface area contributed by atoms with Crippen LogP contribution in [-0.2, 0) is 22.6 Å². The van der Waals surface area contributed by atoms with E-state index in [1.807, 2.05) is 24.0 Å². The number of carbonyl (C=O) groups is 2. The SMILES string of the molecule is CCC(C(=O)NC1CCCCC1)N(Cc1ccccc1C)C(=O)CCc1ccc(C(C)C)cc1. The van der Waals surface area contributed by atoms with E-state index in [4.69, 9.17) is 0 Å². The Bertz CT molecular complexity index is 929. The predicted molar refractivity (Wildman–Crippen MR) is 140 cm³/mol. The van der Waals surface area contributed by atoms with E-state index in [1.165, 1.54) is 24.8 Å². The zero-order valence-electron chi connectivity index (χ0n) is 21.5. The standard InChI is InChI=1S/C30H42N2O2/c1-5-28(30(34)31-27-13-7-6-8-14-27)32(21-26-12-10-9-11-23(26)4)29(33)20-17-24-15-18-25(19-16-24)22(2)3/h9-12,15-16,18-19,22,27-28H,5-8,13-14,17,20-21H2,1-4H3,(H,31,34). The molecule has 1 fully saturated rings. The van der Waals surface area contributed by atoms with Crippen molar-refractivity contribution in [2.75, 3.05) is 0 Å². The summed E-state index contributed by atoms with van der Waals surface area (Å²) in [6, 6.07) is 16.5. The van der Waals surface area contributed by atoms with Crippen LogP contribution in [0.2, 0.25) is 0 Å². The summed E-state index contributed by atoms with van der Waals surface area (Å²) in [5.41, 5.74) is 4.71. The number of aryl methyl sites for hydroxylation is 2. The molecule has 0 aliphatic heterocycles. The summed E-state index contributed by atoms with van der Waals surface area (Å²) in [7, 11) is 0. The number of nitrogens with one attached hydrogen (secondary N) is 1. The quantitative estimate of drug-likeness (QED) is 0.450. The average Bonchev–Trinajstić information content (AvgIpc) is 2.84. The molecule has 0 aromatic heterocycles. The molecular formula is C30H42N2O2. The van der Waals surface area contributed by atoms with Crippen LogP contribution in [0.5, 0.6) is 0 Å².